The summed E-state index contributed by atoms with van der Waals surface area (Å²) in [4.78, 5) is 0. The smallest absolute Gasteiger partial charge is 0.115 e. The molecule has 1 aliphatic heterocycles. The molecule has 0 saturated carbocycles. The summed E-state index contributed by atoms with van der Waals surface area (Å²) in [6.45, 7) is 2.79. The number of halogens is 1. The van der Waals surface area contributed by atoms with Crippen molar-refractivity contribution in [1.82, 2.24) is 5.43 Å². The van der Waals surface area contributed by atoms with Gasteiger partial charge in [-0.2, -0.15) is 0 Å². The zero-order valence-corrected chi connectivity index (χ0v) is 10.6. The number of rotatable bonds is 3. The van der Waals surface area contributed by atoms with Crippen molar-refractivity contribution in [3.63, 3.8) is 0 Å². The van der Waals surface area contributed by atoms with Crippen LogP contribution in [-0.2, 0) is 4.74 Å². The number of ether oxygens (including phenoxy) is 1. The Morgan fingerprint density at radius 1 is 1.47 bits per heavy atom. The number of nitrogens with one attached hydrogen (secondary N) is 1. The Kier molecular flexibility index (Phi) is 4.05. The van der Waals surface area contributed by atoms with Crippen LogP contribution in [0.25, 0.3) is 0 Å². The van der Waals surface area contributed by atoms with E-state index in [1.54, 1.807) is 0 Å². The average Bonchev–Trinajstić information content (AvgIpc) is 2.36. The molecular weight excluding hydrogens is 236 g/mol. The molecule has 1 heterocycles. The van der Waals surface area contributed by atoms with Crippen LogP contribution in [0, 0.1) is 6.92 Å². The van der Waals surface area contributed by atoms with Gasteiger partial charge < -0.3 is 4.74 Å². The van der Waals surface area contributed by atoms with E-state index in [2.05, 4.69) is 11.5 Å². The summed E-state index contributed by atoms with van der Waals surface area (Å²) in [6, 6.07) is 5.68. The fourth-order valence-electron chi connectivity index (χ4n) is 2.03. The third kappa shape index (κ3) is 2.80. The van der Waals surface area contributed by atoms with Crippen molar-refractivity contribution < 1.29 is 4.74 Å². The first kappa shape index (κ1) is 12.4. The van der Waals surface area contributed by atoms with Gasteiger partial charge in [0.2, 0.25) is 0 Å². The van der Waals surface area contributed by atoms with Crippen molar-refractivity contribution in [2.45, 2.75) is 25.8 Å². The van der Waals surface area contributed by atoms with Gasteiger partial charge in [-0.25, -0.2) is 5.43 Å². The van der Waals surface area contributed by atoms with Crippen molar-refractivity contribution in [1.29, 1.82) is 0 Å². The Bertz CT molecular complexity index is 431. The lowest BCUT2D eigenvalue weighted by Gasteiger charge is -2.24. The maximum atomic E-state index is 6.03. The second-order valence-electron chi connectivity index (χ2n) is 4.20. The van der Waals surface area contributed by atoms with Gasteiger partial charge in [-0.15, -0.1) is 0 Å². The SMILES string of the molecule is Cc1ccc(Cl)cc1C(NN)C1=CCCCO1. The molecule has 0 radical (unpaired) electrons. The molecule has 0 aliphatic carbocycles. The number of hydrazine groups is 1. The van der Waals surface area contributed by atoms with Crippen molar-refractivity contribution in [2.24, 2.45) is 5.84 Å². The van der Waals surface area contributed by atoms with E-state index < -0.39 is 0 Å². The maximum absolute atomic E-state index is 6.03. The molecule has 0 amide bonds. The van der Waals surface area contributed by atoms with Gasteiger partial charge in [-0.3, -0.25) is 5.84 Å². The first-order valence-electron chi connectivity index (χ1n) is 5.77. The second-order valence-corrected chi connectivity index (χ2v) is 4.63. The Hall–Kier alpha value is -1.03. The topological polar surface area (TPSA) is 47.3 Å². The largest absolute Gasteiger partial charge is 0.496 e. The molecule has 4 heteroatoms. The minimum Gasteiger partial charge on any atom is -0.496 e. The van der Waals surface area contributed by atoms with Gasteiger partial charge in [0.25, 0.3) is 0 Å². The number of allylic oxidation sites excluding steroid dienone is 1. The van der Waals surface area contributed by atoms with Gasteiger partial charge in [-0.1, -0.05) is 17.7 Å². The maximum Gasteiger partial charge on any atom is 0.115 e. The summed E-state index contributed by atoms with van der Waals surface area (Å²) in [5, 5.41) is 0.710. The minimum absolute atomic E-state index is 0.117. The quantitative estimate of drug-likeness (QED) is 0.642. The zero-order chi connectivity index (χ0) is 12.3. The standard InChI is InChI=1S/C13H17ClN2O/c1-9-5-6-10(14)8-11(9)13(16-15)12-4-2-3-7-17-12/h4-6,8,13,16H,2-3,7,15H2,1H3. The molecule has 1 aliphatic rings. The van der Waals surface area contributed by atoms with E-state index in [0.717, 1.165) is 36.3 Å². The van der Waals surface area contributed by atoms with E-state index in [4.69, 9.17) is 22.2 Å². The van der Waals surface area contributed by atoms with Gasteiger partial charge in [0, 0.05) is 5.02 Å². The second kappa shape index (κ2) is 5.54. The van der Waals surface area contributed by atoms with E-state index in [1.165, 1.54) is 0 Å². The van der Waals surface area contributed by atoms with E-state index in [-0.39, 0.29) is 6.04 Å². The predicted molar refractivity (Wildman–Crippen MR) is 69.5 cm³/mol. The molecule has 1 aromatic rings. The van der Waals surface area contributed by atoms with Crippen LogP contribution < -0.4 is 11.3 Å². The van der Waals surface area contributed by atoms with Crippen LogP contribution in [0.5, 0.6) is 0 Å². The molecule has 0 saturated heterocycles. The van der Waals surface area contributed by atoms with E-state index in [9.17, 15) is 0 Å². The molecule has 17 heavy (non-hydrogen) atoms. The number of benzene rings is 1. The first-order valence-corrected chi connectivity index (χ1v) is 6.15. The highest BCUT2D eigenvalue weighted by atomic mass is 35.5. The Morgan fingerprint density at radius 3 is 2.94 bits per heavy atom. The molecule has 2 rings (SSSR count). The summed E-state index contributed by atoms with van der Waals surface area (Å²) < 4.78 is 5.66. The minimum atomic E-state index is -0.117. The van der Waals surface area contributed by atoms with Gasteiger partial charge in [0.15, 0.2) is 0 Å². The predicted octanol–water partition coefficient (Wildman–Crippen LogP) is 2.85. The summed E-state index contributed by atoms with van der Waals surface area (Å²) in [5.41, 5.74) is 5.01. The van der Waals surface area contributed by atoms with E-state index in [1.807, 2.05) is 25.1 Å². The highest BCUT2D eigenvalue weighted by Crippen LogP contribution is 2.29. The lowest BCUT2D eigenvalue weighted by atomic mass is 9.99. The first-order chi connectivity index (χ1) is 8.22. The number of nitrogens with two attached hydrogens (primary N) is 1. The number of aryl methyl sites for hydroxylation is 1. The molecule has 1 atom stereocenters. The highest BCUT2D eigenvalue weighted by Gasteiger charge is 2.20. The molecule has 0 spiro atoms. The molecule has 3 N–H and O–H groups in total. The summed E-state index contributed by atoms with van der Waals surface area (Å²) in [5.74, 6) is 6.53. The normalized spacial score (nSPS) is 17.2. The molecule has 0 fully saturated rings. The van der Waals surface area contributed by atoms with E-state index >= 15 is 0 Å². The van der Waals surface area contributed by atoms with Crippen LogP contribution in [0.1, 0.15) is 30.0 Å². The van der Waals surface area contributed by atoms with Crippen molar-refractivity contribution in [3.05, 3.63) is 46.2 Å². The monoisotopic (exact) mass is 252 g/mol. The molecule has 92 valence electrons. The van der Waals surface area contributed by atoms with Crippen molar-refractivity contribution in [3.8, 4) is 0 Å². The third-order valence-corrected chi connectivity index (χ3v) is 3.20. The van der Waals surface area contributed by atoms with Crippen LogP contribution >= 0.6 is 11.6 Å². The average molecular weight is 253 g/mol. The fraction of sp³-hybridized carbons (Fsp3) is 0.385. The Morgan fingerprint density at radius 2 is 2.29 bits per heavy atom. The Balaban J connectivity index is 2.34. The Labute approximate surface area is 107 Å². The van der Waals surface area contributed by atoms with Gasteiger partial charge >= 0.3 is 0 Å². The van der Waals surface area contributed by atoms with E-state index in [0.29, 0.717) is 5.02 Å². The fourth-order valence-corrected chi connectivity index (χ4v) is 2.21. The summed E-state index contributed by atoms with van der Waals surface area (Å²) in [6.07, 6.45) is 4.19. The molecule has 1 unspecified atom stereocenters. The summed E-state index contributed by atoms with van der Waals surface area (Å²) >= 11 is 6.03. The number of hydrogen-bond donors (Lipinski definition) is 2. The van der Waals surface area contributed by atoms with Crippen LogP contribution in [0.3, 0.4) is 0 Å². The van der Waals surface area contributed by atoms with Gasteiger partial charge in [0.1, 0.15) is 11.8 Å². The van der Waals surface area contributed by atoms with Crippen LogP contribution in [0.2, 0.25) is 5.02 Å². The van der Waals surface area contributed by atoms with Crippen LogP contribution in [0.15, 0.2) is 30.0 Å². The highest BCUT2D eigenvalue weighted by molar-refractivity contribution is 6.30. The lowest BCUT2D eigenvalue weighted by Crippen LogP contribution is -2.31. The lowest BCUT2D eigenvalue weighted by molar-refractivity contribution is 0.167. The van der Waals surface area contributed by atoms with Crippen molar-refractivity contribution >= 4 is 11.6 Å². The molecule has 3 nitrogen and oxygen atoms in total. The van der Waals surface area contributed by atoms with Gasteiger partial charge in [0.05, 0.1) is 6.61 Å². The van der Waals surface area contributed by atoms with Gasteiger partial charge in [-0.05, 0) is 49.1 Å². The molecule has 0 aromatic heterocycles. The zero-order valence-electron chi connectivity index (χ0n) is 9.87. The molecule has 0 bridgehead atoms. The molecular formula is C13H17ClN2O. The summed E-state index contributed by atoms with van der Waals surface area (Å²) in [7, 11) is 0. The van der Waals surface area contributed by atoms with Crippen LogP contribution in [-0.4, -0.2) is 6.61 Å². The third-order valence-electron chi connectivity index (χ3n) is 2.97. The number of hydrogen-bond acceptors (Lipinski definition) is 3. The van der Waals surface area contributed by atoms with Crippen molar-refractivity contribution in [2.75, 3.05) is 6.61 Å². The molecule has 1 aromatic carbocycles. The van der Waals surface area contributed by atoms with Crippen LogP contribution in [0.4, 0.5) is 0 Å².